The van der Waals surface area contributed by atoms with Gasteiger partial charge in [0, 0.05) is 4.47 Å². The van der Waals surface area contributed by atoms with Gasteiger partial charge in [-0.2, -0.15) is 0 Å². The van der Waals surface area contributed by atoms with Crippen molar-refractivity contribution in [3.63, 3.8) is 0 Å². The molecule has 5 nitrogen and oxygen atoms in total. The molecule has 0 fully saturated rings. The Labute approximate surface area is 157 Å². The van der Waals surface area contributed by atoms with Crippen molar-refractivity contribution in [1.82, 2.24) is 9.97 Å². The van der Waals surface area contributed by atoms with Crippen molar-refractivity contribution in [3.8, 4) is 0 Å². The van der Waals surface area contributed by atoms with E-state index in [4.69, 9.17) is 0 Å². The maximum absolute atomic E-state index is 12.1. The maximum Gasteiger partial charge on any atom is 0.258 e. The van der Waals surface area contributed by atoms with Crippen LogP contribution in [-0.2, 0) is 4.79 Å². The first-order valence-electron chi connectivity index (χ1n) is 7.69. The van der Waals surface area contributed by atoms with Crippen LogP contribution in [0.4, 0.5) is 5.69 Å². The molecule has 0 aliphatic carbocycles. The van der Waals surface area contributed by atoms with Gasteiger partial charge in [-0.15, -0.1) is 11.8 Å². The number of hydrogen-bond acceptors (Lipinski definition) is 4. The summed E-state index contributed by atoms with van der Waals surface area (Å²) in [5.74, 6) is 0.730. The fourth-order valence-electron chi connectivity index (χ4n) is 2.33. The average Bonchev–Trinajstić information content (AvgIpc) is 2.61. The van der Waals surface area contributed by atoms with Crippen molar-refractivity contribution < 1.29 is 4.79 Å². The normalized spacial score (nSPS) is 12.1. The Balaban J connectivity index is 1.66. The Morgan fingerprint density at radius 3 is 2.76 bits per heavy atom. The van der Waals surface area contributed by atoms with Crippen LogP contribution < -0.4 is 10.9 Å². The molecule has 2 N–H and O–H groups in total. The van der Waals surface area contributed by atoms with Gasteiger partial charge in [0.05, 0.1) is 27.6 Å². The third kappa shape index (κ3) is 4.29. The van der Waals surface area contributed by atoms with Crippen LogP contribution in [0.5, 0.6) is 0 Å². The number of aromatic amines is 1. The predicted molar refractivity (Wildman–Crippen MR) is 106 cm³/mol. The number of amides is 1. The number of rotatable bonds is 5. The molecule has 0 bridgehead atoms. The number of aromatic nitrogens is 2. The molecule has 0 aliphatic rings. The Hall–Kier alpha value is -2.12. The van der Waals surface area contributed by atoms with E-state index in [0.717, 1.165) is 10.2 Å². The van der Waals surface area contributed by atoms with Gasteiger partial charge in [-0.25, -0.2) is 4.98 Å². The molecule has 128 valence electrons. The second-order valence-corrected chi connectivity index (χ2v) is 7.63. The zero-order chi connectivity index (χ0) is 17.8. The SMILES string of the molecule is C[C@H](SCC(=O)Nc1ccccc1Br)c1nc2ccccc2c(=O)[nH]1. The van der Waals surface area contributed by atoms with Crippen molar-refractivity contribution >= 4 is 50.2 Å². The van der Waals surface area contributed by atoms with Gasteiger partial charge < -0.3 is 10.3 Å². The molecule has 25 heavy (non-hydrogen) atoms. The molecule has 0 saturated heterocycles. The van der Waals surface area contributed by atoms with Crippen LogP contribution in [0.25, 0.3) is 10.9 Å². The molecule has 3 aromatic rings. The van der Waals surface area contributed by atoms with Gasteiger partial charge in [0.1, 0.15) is 5.82 Å². The Morgan fingerprint density at radius 2 is 1.96 bits per heavy atom. The quantitative estimate of drug-likeness (QED) is 0.654. The number of anilines is 1. The first-order valence-corrected chi connectivity index (χ1v) is 9.53. The molecule has 7 heteroatoms. The molecule has 3 rings (SSSR count). The van der Waals surface area contributed by atoms with E-state index in [1.165, 1.54) is 11.8 Å². The molecule has 0 spiro atoms. The number of carbonyl (C=O) groups excluding carboxylic acids is 1. The number of H-pyrrole nitrogens is 1. The smallest absolute Gasteiger partial charge is 0.258 e. The second-order valence-electron chi connectivity index (χ2n) is 5.45. The zero-order valence-corrected chi connectivity index (χ0v) is 15.9. The number of nitrogens with zero attached hydrogens (tertiary/aromatic N) is 1. The number of hydrogen-bond donors (Lipinski definition) is 2. The number of carbonyl (C=O) groups is 1. The van der Waals surface area contributed by atoms with Crippen molar-refractivity contribution in [2.75, 3.05) is 11.1 Å². The van der Waals surface area contributed by atoms with Crippen LogP contribution in [-0.4, -0.2) is 21.6 Å². The van der Waals surface area contributed by atoms with E-state index in [0.29, 0.717) is 16.7 Å². The van der Waals surface area contributed by atoms with Gasteiger partial charge >= 0.3 is 0 Å². The van der Waals surface area contributed by atoms with Crippen LogP contribution in [0.15, 0.2) is 57.8 Å². The molecular formula is C18H16BrN3O2S. The molecule has 1 amide bonds. The van der Waals surface area contributed by atoms with Crippen molar-refractivity contribution in [3.05, 3.63) is 69.2 Å². The van der Waals surface area contributed by atoms with Gasteiger partial charge in [0.2, 0.25) is 5.91 Å². The first kappa shape index (κ1) is 17.7. The number of fused-ring (bicyclic) bond motifs is 1. The lowest BCUT2D eigenvalue weighted by atomic mass is 10.2. The maximum atomic E-state index is 12.1. The van der Waals surface area contributed by atoms with Crippen LogP contribution in [0.2, 0.25) is 0 Å². The molecule has 1 heterocycles. The van der Waals surface area contributed by atoms with Gasteiger partial charge in [0.25, 0.3) is 5.56 Å². The summed E-state index contributed by atoms with van der Waals surface area (Å²) in [5, 5.41) is 3.31. The van der Waals surface area contributed by atoms with Crippen LogP contribution in [0.1, 0.15) is 18.0 Å². The summed E-state index contributed by atoms with van der Waals surface area (Å²) in [7, 11) is 0. The minimum absolute atomic E-state index is 0.105. The third-order valence-electron chi connectivity index (χ3n) is 3.63. The standard InChI is InChI=1S/C18H16BrN3O2S/c1-11(17-21-14-8-4-2-6-12(14)18(24)22-17)25-10-16(23)20-15-9-5-3-7-13(15)19/h2-9,11H,10H2,1H3,(H,20,23)(H,21,22,24)/t11-/m0/s1. The molecule has 0 saturated carbocycles. The van der Waals surface area contributed by atoms with E-state index < -0.39 is 0 Å². The molecule has 2 aromatic carbocycles. The lowest BCUT2D eigenvalue weighted by Crippen LogP contribution is -2.17. The molecule has 0 radical (unpaired) electrons. The summed E-state index contributed by atoms with van der Waals surface area (Å²) in [6, 6.07) is 14.7. The highest BCUT2D eigenvalue weighted by atomic mass is 79.9. The van der Waals surface area contributed by atoms with E-state index >= 15 is 0 Å². The Morgan fingerprint density at radius 1 is 1.24 bits per heavy atom. The van der Waals surface area contributed by atoms with Gasteiger partial charge in [-0.3, -0.25) is 9.59 Å². The topological polar surface area (TPSA) is 74.8 Å². The Bertz CT molecular complexity index is 974. The molecule has 0 unspecified atom stereocenters. The monoisotopic (exact) mass is 417 g/mol. The van der Waals surface area contributed by atoms with Crippen LogP contribution in [0, 0.1) is 0 Å². The fraction of sp³-hybridized carbons (Fsp3) is 0.167. The minimum atomic E-state index is -0.161. The van der Waals surface area contributed by atoms with E-state index in [2.05, 4.69) is 31.2 Å². The Kier molecular flexibility index (Phi) is 5.55. The van der Waals surface area contributed by atoms with E-state index in [1.54, 1.807) is 6.07 Å². The summed E-state index contributed by atoms with van der Waals surface area (Å²) in [4.78, 5) is 31.6. The number of benzene rings is 2. The lowest BCUT2D eigenvalue weighted by molar-refractivity contribution is -0.113. The summed E-state index contributed by atoms with van der Waals surface area (Å²) < 4.78 is 0.835. The zero-order valence-electron chi connectivity index (χ0n) is 13.5. The fourth-order valence-corrected chi connectivity index (χ4v) is 3.45. The molecule has 0 aliphatic heterocycles. The van der Waals surface area contributed by atoms with Crippen LogP contribution >= 0.6 is 27.7 Å². The lowest BCUT2D eigenvalue weighted by Gasteiger charge is -2.12. The predicted octanol–water partition coefficient (Wildman–Crippen LogP) is 4.12. The second kappa shape index (κ2) is 7.84. The largest absolute Gasteiger partial charge is 0.324 e. The highest BCUT2D eigenvalue weighted by molar-refractivity contribution is 9.10. The third-order valence-corrected chi connectivity index (χ3v) is 5.47. The van der Waals surface area contributed by atoms with Crippen LogP contribution in [0.3, 0.4) is 0 Å². The first-order chi connectivity index (χ1) is 12.0. The van der Waals surface area contributed by atoms with Gasteiger partial charge in [-0.05, 0) is 47.1 Å². The number of thioether (sulfide) groups is 1. The van der Waals surface area contributed by atoms with Gasteiger partial charge in [0.15, 0.2) is 0 Å². The van der Waals surface area contributed by atoms with Gasteiger partial charge in [-0.1, -0.05) is 24.3 Å². The van der Waals surface area contributed by atoms with E-state index in [-0.39, 0.29) is 22.5 Å². The molecule has 1 aromatic heterocycles. The summed E-state index contributed by atoms with van der Waals surface area (Å²) in [6.45, 7) is 1.92. The number of halogens is 1. The van der Waals surface area contributed by atoms with Crippen molar-refractivity contribution in [2.24, 2.45) is 0 Å². The summed E-state index contributed by atoms with van der Waals surface area (Å²) in [6.07, 6.45) is 0. The summed E-state index contributed by atoms with van der Waals surface area (Å²) >= 11 is 4.82. The number of para-hydroxylation sites is 2. The van der Waals surface area contributed by atoms with Crippen molar-refractivity contribution in [1.29, 1.82) is 0 Å². The highest BCUT2D eigenvalue weighted by Gasteiger charge is 2.14. The van der Waals surface area contributed by atoms with Crippen molar-refractivity contribution in [2.45, 2.75) is 12.2 Å². The highest BCUT2D eigenvalue weighted by Crippen LogP contribution is 2.26. The van der Waals surface area contributed by atoms with E-state index in [9.17, 15) is 9.59 Å². The minimum Gasteiger partial charge on any atom is -0.324 e. The molecule has 1 atom stereocenters. The molecular weight excluding hydrogens is 402 g/mol. The van der Waals surface area contributed by atoms with E-state index in [1.807, 2.05) is 49.4 Å². The number of nitrogens with one attached hydrogen (secondary N) is 2. The average molecular weight is 418 g/mol. The summed E-state index contributed by atoms with van der Waals surface area (Å²) in [5.41, 5.74) is 1.23.